The molecule has 0 saturated carbocycles. The average molecular weight is 518 g/mol. The molecular weight excluding hydrogens is 485 g/mol. The van der Waals surface area contributed by atoms with Gasteiger partial charge in [0.15, 0.2) is 5.96 Å². The first-order chi connectivity index (χ1) is 12.6. The van der Waals surface area contributed by atoms with Gasteiger partial charge in [0.2, 0.25) is 0 Å². The Bertz CT molecular complexity index is 796. The van der Waals surface area contributed by atoms with Gasteiger partial charge in [0, 0.05) is 42.8 Å². The van der Waals surface area contributed by atoms with Gasteiger partial charge in [0.1, 0.15) is 0 Å². The molecule has 1 unspecified atom stereocenters. The van der Waals surface area contributed by atoms with Crippen LogP contribution >= 0.6 is 35.6 Å². The molecule has 28 heavy (non-hydrogen) atoms. The molecule has 0 saturated heterocycles. The number of hydrogen-bond donors (Lipinski definition) is 2. The van der Waals surface area contributed by atoms with Gasteiger partial charge in [-0.15, -0.1) is 24.0 Å². The first-order valence-corrected chi connectivity index (χ1v) is 9.74. The fourth-order valence-electron chi connectivity index (χ4n) is 3.21. The van der Waals surface area contributed by atoms with E-state index in [2.05, 4.69) is 67.5 Å². The first-order valence-electron chi connectivity index (χ1n) is 9.36. The number of nitrogens with one attached hydrogen (secondary N) is 2. The third kappa shape index (κ3) is 6.37. The largest absolute Gasteiger partial charge is 0.356 e. The molecule has 1 heterocycles. The van der Waals surface area contributed by atoms with Crippen LogP contribution in [0.5, 0.6) is 0 Å². The van der Waals surface area contributed by atoms with Gasteiger partial charge >= 0.3 is 0 Å². The lowest BCUT2D eigenvalue weighted by atomic mass is 9.85. The Morgan fingerprint density at radius 2 is 1.86 bits per heavy atom. The standard InChI is InChI=1S/C21H32ClN5.HI/c1-14(12-19-15(2)26-27(7)16(19)3)25-20(23-6)24-13-21(4,5)17-8-10-18(22)11-9-17;/h8-11,14H,12-13H2,1-7H3,(H2,23,24,25);1H. The maximum atomic E-state index is 6.01. The lowest BCUT2D eigenvalue weighted by Gasteiger charge is -2.27. The second kappa shape index (κ2) is 10.5. The minimum atomic E-state index is -0.0397. The summed E-state index contributed by atoms with van der Waals surface area (Å²) in [6, 6.07) is 8.28. The van der Waals surface area contributed by atoms with Crippen molar-refractivity contribution in [3.05, 3.63) is 51.8 Å². The molecule has 0 aliphatic carbocycles. The zero-order valence-corrected chi connectivity index (χ0v) is 21.0. The van der Waals surface area contributed by atoms with E-state index in [4.69, 9.17) is 11.6 Å². The van der Waals surface area contributed by atoms with Crippen LogP contribution in [0, 0.1) is 13.8 Å². The molecule has 2 N–H and O–H groups in total. The van der Waals surface area contributed by atoms with Gasteiger partial charge < -0.3 is 10.6 Å². The molecule has 0 aliphatic heterocycles. The summed E-state index contributed by atoms with van der Waals surface area (Å²) >= 11 is 6.01. The fraction of sp³-hybridized carbons (Fsp3) is 0.524. The number of rotatable bonds is 6. The van der Waals surface area contributed by atoms with Gasteiger partial charge in [-0.3, -0.25) is 9.67 Å². The third-order valence-electron chi connectivity index (χ3n) is 5.10. The number of aryl methyl sites for hydroxylation is 2. The molecule has 0 spiro atoms. The Hall–Kier alpha value is -1.28. The highest BCUT2D eigenvalue weighted by Crippen LogP contribution is 2.23. The lowest BCUT2D eigenvalue weighted by molar-refractivity contribution is 0.504. The Balaban J connectivity index is 0.00000392. The van der Waals surface area contributed by atoms with E-state index in [9.17, 15) is 0 Å². The second-order valence-corrected chi connectivity index (χ2v) is 8.28. The second-order valence-electron chi connectivity index (χ2n) is 7.84. The highest BCUT2D eigenvalue weighted by molar-refractivity contribution is 14.0. The SMILES string of the molecule is CN=C(NCC(C)(C)c1ccc(Cl)cc1)NC(C)Cc1c(C)nn(C)c1C.I. The highest BCUT2D eigenvalue weighted by Gasteiger charge is 2.21. The van der Waals surface area contributed by atoms with Gasteiger partial charge in [-0.1, -0.05) is 37.6 Å². The maximum Gasteiger partial charge on any atom is 0.191 e. The molecule has 156 valence electrons. The van der Waals surface area contributed by atoms with E-state index < -0.39 is 0 Å². The Kier molecular flexibility index (Phi) is 9.27. The molecule has 2 rings (SSSR count). The summed E-state index contributed by atoms with van der Waals surface area (Å²) in [5.41, 5.74) is 4.81. The van der Waals surface area contributed by atoms with Crippen LogP contribution in [0.1, 0.15) is 43.3 Å². The van der Waals surface area contributed by atoms with Crippen LogP contribution in [0.4, 0.5) is 0 Å². The maximum absolute atomic E-state index is 6.01. The van der Waals surface area contributed by atoms with Crippen molar-refractivity contribution in [1.29, 1.82) is 0 Å². The van der Waals surface area contributed by atoms with Gasteiger partial charge in [0.05, 0.1) is 5.69 Å². The molecule has 1 aromatic heterocycles. The van der Waals surface area contributed by atoms with Crippen LogP contribution in [-0.4, -0.2) is 35.4 Å². The number of halogens is 2. The van der Waals surface area contributed by atoms with Crippen molar-refractivity contribution in [3.8, 4) is 0 Å². The average Bonchev–Trinajstić information content (AvgIpc) is 2.85. The summed E-state index contributed by atoms with van der Waals surface area (Å²) < 4.78 is 1.94. The predicted octanol–water partition coefficient (Wildman–Crippen LogP) is 4.38. The molecule has 0 radical (unpaired) electrons. The molecule has 0 aliphatic rings. The number of benzene rings is 1. The predicted molar refractivity (Wildman–Crippen MR) is 130 cm³/mol. The number of aliphatic imine (C=N–C) groups is 1. The summed E-state index contributed by atoms with van der Waals surface area (Å²) in [4.78, 5) is 4.38. The summed E-state index contributed by atoms with van der Waals surface area (Å²) in [6.07, 6.45) is 0.910. The van der Waals surface area contributed by atoms with Crippen LogP contribution in [-0.2, 0) is 18.9 Å². The molecule has 0 amide bonds. The zero-order chi connectivity index (χ0) is 20.2. The Morgan fingerprint density at radius 1 is 1.25 bits per heavy atom. The fourth-order valence-corrected chi connectivity index (χ4v) is 3.33. The zero-order valence-electron chi connectivity index (χ0n) is 17.9. The number of guanidine groups is 1. The van der Waals surface area contributed by atoms with E-state index in [-0.39, 0.29) is 35.4 Å². The molecule has 0 fully saturated rings. The van der Waals surface area contributed by atoms with Crippen LogP contribution in [0.25, 0.3) is 0 Å². The van der Waals surface area contributed by atoms with Crippen LogP contribution < -0.4 is 10.6 Å². The van der Waals surface area contributed by atoms with Crippen molar-refractivity contribution < 1.29 is 0 Å². The molecule has 1 atom stereocenters. The van der Waals surface area contributed by atoms with Gasteiger partial charge in [-0.2, -0.15) is 5.10 Å². The normalized spacial score (nSPS) is 13.1. The van der Waals surface area contributed by atoms with E-state index in [1.807, 2.05) is 23.9 Å². The lowest BCUT2D eigenvalue weighted by Crippen LogP contribution is -2.47. The van der Waals surface area contributed by atoms with Crippen molar-refractivity contribution in [2.24, 2.45) is 12.0 Å². The quantitative estimate of drug-likeness (QED) is 0.340. The Labute approximate surface area is 191 Å². The molecule has 0 bridgehead atoms. The smallest absolute Gasteiger partial charge is 0.191 e. The van der Waals surface area contributed by atoms with Gasteiger partial charge in [-0.25, -0.2) is 0 Å². The third-order valence-corrected chi connectivity index (χ3v) is 5.35. The summed E-state index contributed by atoms with van der Waals surface area (Å²) in [6.45, 7) is 11.5. The van der Waals surface area contributed by atoms with Crippen molar-refractivity contribution in [3.63, 3.8) is 0 Å². The summed E-state index contributed by atoms with van der Waals surface area (Å²) in [7, 11) is 3.79. The van der Waals surface area contributed by atoms with Crippen molar-refractivity contribution in [2.45, 2.75) is 52.5 Å². The summed E-state index contributed by atoms with van der Waals surface area (Å²) in [5, 5.41) is 12.2. The number of hydrogen-bond acceptors (Lipinski definition) is 2. The van der Waals surface area contributed by atoms with E-state index in [1.165, 1.54) is 16.8 Å². The van der Waals surface area contributed by atoms with Gasteiger partial charge in [0.25, 0.3) is 0 Å². The van der Waals surface area contributed by atoms with Crippen molar-refractivity contribution in [1.82, 2.24) is 20.4 Å². The van der Waals surface area contributed by atoms with E-state index in [0.29, 0.717) is 0 Å². The van der Waals surface area contributed by atoms with Crippen LogP contribution in [0.3, 0.4) is 0 Å². The molecule has 5 nitrogen and oxygen atoms in total. The molecule has 7 heteroatoms. The van der Waals surface area contributed by atoms with Crippen LogP contribution in [0.15, 0.2) is 29.3 Å². The molecular formula is C21H33ClIN5. The monoisotopic (exact) mass is 517 g/mol. The van der Waals surface area contributed by atoms with E-state index in [1.54, 1.807) is 7.05 Å². The van der Waals surface area contributed by atoms with E-state index >= 15 is 0 Å². The minimum absolute atomic E-state index is 0. The minimum Gasteiger partial charge on any atom is -0.356 e. The number of aromatic nitrogens is 2. The van der Waals surface area contributed by atoms with E-state index in [0.717, 1.165) is 29.6 Å². The topological polar surface area (TPSA) is 54.2 Å². The van der Waals surface area contributed by atoms with Crippen molar-refractivity contribution in [2.75, 3.05) is 13.6 Å². The molecule has 2 aromatic rings. The highest BCUT2D eigenvalue weighted by atomic mass is 127. The van der Waals surface area contributed by atoms with Crippen LogP contribution in [0.2, 0.25) is 5.02 Å². The van der Waals surface area contributed by atoms with Crippen molar-refractivity contribution >= 4 is 41.5 Å². The number of nitrogens with zero attached hydrogens (tertiary/aromatic N) is 3. The summed E-state index contributed by atoms with van der Waals surface area (Å²) in [5.74, 6) is 0.809. The van der Waals surface area contributed by atoms with Gasteiger partial charge in [-0.05, 0) is 50.5 Å². The Morgan fingerprint density at radius 3 is 2.36 bits per heavy atom. The molecule has 1 aromatic carbocycles. The first kappa shape index (κ1) is 24.8.